The summed E-state index contributed by atoms with van der Waals surface area (Å²) in [6.07, 6.45) is 0. The van der Waals surface area contributed by atoms with Gasteiger partial charge in [-0.1, -0.05) is 121 Å². The van der Waals surface area contributed by atoms with Crippen LogP contribution < -0.4 is 32.1 Å². The Balaban J connectivity index is 1.74. The third-order valence-electron chi connectivity index (χ3n) is 5.68. The van der Waals surface area contributed by atoms with E-state index in [2.05, 4.69) is 97.1 Å². The first-order valence-electron chi connectivity index (χ1n) is 12.2. The standard InChI is InChI=1S/C30H27N3O2P2/c1-2-35-28(34)23-33-31-29(36(24-15-7-3-8-16-24)25-17-9-4-10-18-25)30(32-33)37(26-19-11-5-12-20-26)27-21-13-6-14-22-27/h3-22H,2,23H2,1H3. The Morgan fingerprint density at radius 2 is 0.946 bits per heavy atom. The maximum Gasteiger partial charge on any atom is 0.329 e. The fraction of sp³-hybridized carbons (Fsp3) is 0.100. The van der Waals surface area contributed by atoms with Crippen LogP contribution in [0.15, 0.2) is 121 Å². The van der Waals surface area contributed by atoms with Gasteiger partial charge in [0.25, 0.3) is 0 Å². The smallest absolute Gasteiger partial charge is 0.329 e. The average molecular weight is 524 g/mol. The second-order valence-electron chi connectivity index (χ2n) is 8.20. The fourth-order valence-electron chi connectivity index (χ4n) is 4.11. The van der Waals surface area contributed by atoms with Crippen LogP contribution in [0.25, 0.3) is 0 Å². The maximum atomic E-state index is 12.4. The van der Waals surface area contributed by atoms with Gasteiger partial charge in [-0.3, -0.25) is 0 Å². The van der Waals surface area contributed by atoms with E-state index in [0.717, 1.165) is 10.9 Å². The summed E-state index contributed by atoms with van der Waals surface area (Å²) in [6.45, 7) is 2.10. The van der Waals surface area contributed by atoms with Gasteiger partial charge < -0.3 is 4.74 Å². The Labute approximate surface area is 219 Å². The van der Waals surface area contributed by atoms with Crippen LogP contribution in [0.3, 0.4) is 0 Å². The van der Waals surface area contributed by atoms with Crippen molar-refractivity contribution in [1.29, 1.82) is 0 Å². The van der Waals surface area contributed by atoms with Crippen LogP contribution in [0.5, 0.6) is 0 Å². The second-order valence-corrected chi connectivity index (χ2v) is 12.5. The molecule has 0 fully saturated rings. The molecule has 0 spiro atoms. The predicted octanol–water partition coefficient (Wildman–Crippen LogP) is 3.36. The van der Waals surface area contributed by atoms with E-state index in [0.29, 0.717) is 6.61 Å². The lowest BCUT2D eigenvalue weighted by Crippen LogP contribution is -2.35. The van der Waals surface area contributed by atoms with E-state index in [-0.39, 0.29) is 12.5 Å². The van der Waals surface area contributed by atoms with Gasteiger partial charge in [0.15, 0.2) is 6.54 Å². The molecule has 0 aliphatic carbocycles. The van der Waals surface area contributed by atoms with Gasteiger partial charge in [0.05, 0.1) is 6.61 Å². The van der Waals surface area contributed by atoms with E-state index in [1.807, 2.05) is 24.3 Å². The van der Waals surface area contributed by atoms with Crippen LogP contribution in [0, 0.1) is 0 Å². The van der Waals surface area contributed by atoms with Crippen molar-refractivity contribution in [3.8, 4) is 0 Å². The molecule has 5 aromatic rings. The summed E-state index contributed by atoms with van der Waals surface area (Å²) in [7, 11) is -2.04. The number of carbonyl (C=O) groups is 1. The average Bonchev–Trinajstić information content (AvgIpc) is 3.33. The summed E-state index contributed by atoms with van der Waals surface area (Å²) >= 11 is 0. The summed E-state index contributed by atoms with van der Waals surface area (Å²) in [5.74, 6) is -0.344. The minimum Gasteiger partial charge on any atom is -0.465 e. The largest absolute Gasteiger partial charge is 0.465 e. The number of carbonyl (C=O) groups excluding carboxylic acids is 1. The monoisotopic (exact) mass is 523 g/mol. The van der Waals surface area contributed by atoms with Crippen molar-refractivity contribution in [2.24, 2.45) is 0 Å². The van der Waals surface area contributed by atoms with Gasteiger partial charge in [-0.05, 0) is 28.1 Å². The predicted molar refractivity (Wildman–Crippen MR) is 154 cm³/mol. The lowest BCUT2D eigenvalue weighted by molar-refractivity contribution is -0.144. The Morgan fingerprint density at radius 3 is 1.24 bits per heavy atom. The summed E-state index contributed by atoms with van der Waals surface area (Å²) in [4.78, 5) is 14.0. The Morgan fingerprint density at radius 1 is 0.622 bits per heavy atom. The molecule has 0 saturated heterocycles. The topological polar surface area (TPSA) is 57.0 Å². The highest BCUT2D eigenvalue weighted by Gasteiger charge is 2.31. The van der Waals surface area contributed by atoms with Crippen LogP contribution >= 0.6 is 15.8 Å². The van der Waals surface area contributed by atoms with Crippen LogP contribution in [-0.4, -0.2) is 27.6 Å². The zero-order valence-electron chi connectivity index (χ0n) is 20.5. The molecule has 7 heteroatoms. The molecule has 0 N–H and O–H groups in total. The molecule has 0 radical (unpaired) electrons. The molecular formula is C30H27N3O2P2. The van der Waals surface area contributed by atoms with Crippen molar-refractivity contribution in [2.75, 3.05) is 6.61 Å². The van der Waals surface area contributed by atoms with Crippen molar-refractivity contribution in [3.05, 3.63) is 121 Å². The van der Waals surface area contributed by atoms with Crippen molar-refractivity contribution in [1.82, 2.24) is 15.0 Å². The first-order valence-corrected chi connectivity index (χ1v) is 14.8. The van der Waals surface area contributed by atoms with Crippen molar-refractivity contribution >= 4 is 53.9 Å². The Bertz CT molecular complexity index is 1250. The van der Waals surface area contributed by atoms with Crippen LogP contribution in [0.4, 0.5) is 0 Å². The first kappa shape index (κ1) is 25.0. The third-order valence-corrected chi connectivity index (χ3v) is 10.6. The molecule has 0 atom stereocenters. The van der Waals surface area contributed by atoms with Gasteiger partial charge in [0.2, 0.25) is 0 Å². The lowest BCUT2D eigenvalue weighted by Gasteiger charge is -2.22. The highest BCUT2D eigenvalue weighted by Crippen LogP contribution is 2.37. The number of hydrogen-bond acceptors (Lipinski definition) is 4. The van der Waals surface area contributed by atoms with E-state index < -0.39 is 15.8 Å². The number of ether oxygens (including phenoxy) is 1. The van der Waals surface area contributed by atoms with E-state index in [1.54, 1.807) is 6.92 Å². The van der Waals surface area contributed by atoms with E-state index in [4.69, 9.17) is 14.9 Å². The number of rotatable bonds is 9. The molecule has 0 bridgehead atoms. The molecule has 0 aliphatic heterocycles. The third kappa shape index (κ3) is 5.85. The number of benzene rings is 4. The SMILES string of the molecule is CCOC(=O)Cn1nc(P(c2ccccc2)c2ccccc2)c(P(c2ccccc2)c2ccccc2)n1. The molecule has 0 amide bonds. The molecule has 1 heterocycles. The Kier molecular flexibility index (Phi) is 8.15. The zero-order chi connectivity index (χ0) is 25.5. The van der Waals surface area contributed by atoms with Crippen LogP contribution in [-0.2, 0) is 16.1 Å². The second kappa shape index (κ2) is 12.1. The van der Waals surface area contributed by atoms with Crippen LogP contribution in [0.2, 0.25) is 0 Å². The summed E-state index contributed by atoms with van der Waals surface area (Å²) in [6, 6.07) is 41.8. The van der Waals surface area contributed by atoms with Gasteiger partial charge in [-0.25, -0.2) is 4.79 Å². The zero-order valence-corrected chi connectivity index (χ0v) is 22.3. The van der Waals surface area contributed by atoms with E-state index in [9.17, 15) is 4.79 Å². The number of esters is 1. The maximum absolute atomic E-state index is 12.4. The van der Waals surface area contributed by atoms with Crippen molar-refractivity contribution in [3.63, 3.8) is 0 Å². The molecule has 5 rings (SSSR count). The molecule has 4 aromatic carbocycles. The van der Waals surface area contributed by atoms with Gasteiger partial charge in [-0.2, -0.15) is 15.0 Å². The summed E-state index contributed by atoms with van der Waals surface area (Å²) < 4.78 is 5.23. The number of hydrogen-bond donors (Lipinski definition) is 0. The molecular weight excluding hydrogens is 496 g/mol. The Hall–Kier alpha value is -3.65. The quantitative estimate of drug-likeness (QED) is 0.220. The number of aromatic nitrogens is 3. The van der Waals surface area contributed by atoms with Crippen molar-refractivity contribution in [2.45, 2.75) is 13.5 Å². The highest BCUT2D eigenvalue weighted by atomic mass is 31.1. The molecule has 37 heavy (non-hydrogen) atoms. The first-order chi connectivity index (χ1) is 18.2. The minimum atomic E-state index is -1.02. The molecule has 0 saturated carbocycles. The molecule has 0 aliphatic rings. The highest BCUT2D eigenvalue weighted by molar-refractivity contribution is 7.85. The molecule has 0 unspecified atom stereocenters. The summed E-state index contributed by atoms with van der Waals surface area (Å²) in [5, 5.41) is 14.8. The van der Waals surface area contributed by atoms with Gasteiger partial charge in [0.1, 0.15) is 10.9 Å². The van der Waals surface area contributed by atoms with E-state index >= 15 is 0 Å². The van der Waals surface area contributed by atoms with Gasteiger partial charge in [0, 0.05) is 15.8 Å². The minimum absolute atomic E-state index is 0.0274. The normalized spacial score (nSPS) is 11.1. The van der Waals surface area contributed by atoms with Gasteiger partial charge >= 0.3 is 5.97 Å². The van der Waals surface area contributed by atoms with Crippen molar-refractivity contribution < 1.29 is 9.53 Å². The number of nitrogens with zero attached hydrogens (tertiary/aromatic N) is 3. The molecule has 5 nitrogen and oxygen atoms in total. The van der Waals surface area contributed by atoms with E-state index in [1.165, 1.54) is 26.0 Å². The lowest BCUT2D eigenvalue weighted by atomic mass is 10.4. The molecule has 184 valence electrons. The van der Waals surface area contributed by atoms with Crippen LogP contribution in [0.1, 0.15) is 6.92 Å². The van der Waals surface area contributed by atoms with Gasteiger partial charge in [-0.15, -0.1) is 0 Å². The fourth-order valence-corrected chi connectivity index (χ4v) is 9.04. The summed E-state index contributed by atoms with van der Waals surface area (Å²) in [5.41, 5.74) is 1.83. The molecule has 1 aromatic heterocycles.